The van der Waals surface area contributed by atoms with Gasteiger partial charge in [0.2, 0.25) is 5.78 Å². The van der Waals surface area contributed by atoms with Crippen molar-refractivity contribution in [3.8, 4) is 0 Å². The number of hydrogen-bond donors (Lipinski definition) is 2. The summed E-state index contributed by atoms with van der Waals surface area (Å²) in [4.78, 5) is 22.8. The average Bonchev–Trinajstić information content (AvgIpc) is 3.45. The van der Waals surface area contributed by atoms with Crippen molar-refractivity contribution in [1.82, 2.24) is 9.97 Å². The van der Waals surface area contributed by atoms with Crippen molar-refractivity contribution >= 4 is 47.2 Å². The Hall–Kier alpha value is -1.91. The number of aromatic nitrogens is 2. The fourth-order valence-electron chi connectivity index (χ4n) is 5.03. The van der Waals surface area contributed by atoms with Crippen molar-refractivity contribution in [3.05, 3.63) is 74.3 Å². The van der Waals surface area contributed by atoms with Crippen LogP contribution in [-0.2, 0) is 10.0 Å². The maximum Gasteiger partial charge on any atom is 0.208 e. The Kier molecular flexibility index (Phi) is 8.16. The van der Waals surface area contributed by atoms with Crippen molar-refractivity contribution in [2.45, 2.75) is 58.0 Å². The molecule has 1 unspecified atom stereocenters. The first-order chi connectivity index (χ1) is 17.0. The standard InChI is InChI=1S/C27H34BrN3O3SSi/c1-17-9-22(10-18(17)14-32)31-26-23(13-29-16-30-26)25(33)24-12-20(15-35-24)27(2,34-36(3,4)5)19-7-6-8-21(28)11-19/h6-8,11-13,15-18,22,32H,9-10,14H2,1-5H3,(H,29,30,31)/t17-,18+,22-,27?/m0/s1. The summed E-state index contributed by atoms with van der Waals surface area (Å²) < 4.78 is 7.74. The van der Waals surface area contributed by atoms with E-state index >= 15 is 0 Å². The Morgan fingerprint density at radius 2 is 2.06 bits per heavy atom. The largest absolute Gasteiger partial charge is 0.404 e. The minimum absolute atomic E-state index is 0.108. The number of benzene rings is 1. The number of carbonyl (C=O) groups excluding carboxylic acids is 1. The summed E-state index contributed by atoms with van der Waals surface area (Å²) in [5.74, 6) is 1.14. The van der Waals surface area contributed by atoms with Crippen molar-refractivity contribution in [3.63, 3.8) is 0 Å². The second-order valence-electron chi connectivity index (χ2n) is 10.8. The lowest BCUT2D eigenvalue weighted by Gasteiger charge is -2.36. The molecule has 0 spiro atoms. The molecule has 2 heterocycles. The van der Waals surface area contributed by atoms with Crippen LogP contribution >= 0.6 is 27.3 Å². The van der Waals surface area contributed by atoms with E-state index in [1.165, 1.54) is 17.7 Å². The van der Waals surface area contributed by atoms with Gasteiger partial charge in [-0.05, 0) is 85.9 Å². The molecule has 1 aromatic carbocycles. The van der Waals surface area contributed by atoms with Crippen LogP contribution in [-0.4, -0.2) is 41.8 Å². The average molecular weight is 589 g/mol. The van der Waals surface area contributed by atoms with E-state index in [9.17, 15) is 9.90 Å². The van der Waals surface area contributed by atoms with Crippen LogP contribution < -0.4 is 5.32 Å². The van der Waals surface area contributed by atoms with E-state index in [2.05, 4.69) is 76.8 Å². The van der Waals surface area contributed by atoms with E-state index in [4.69, 9.17) is 4.43 Å². The lowest BCUT2D eigenvalue weighted by Crippen LogP contribution is -2.39. The molecule has 2 aromatic heterocycles. The van der Waals surface area contributed by atoms with Gasteiger partial charge in [0, 0.05) is 23.3 Å². The van der Waals surface area contributed by atoms with E-state index in [1.807, 2.05) is 23.6 Å². The highest BCUT2D eigenvalue weighted by molar-refractivity contribution is 9.10. The highest BCUT2D eigenvalue weighted by atomic mass is 79.9. The summed E-state index contributed by atoms with van der Waals surface area (Å²) in [7, 11) is -1.95. The van der Waals surface area contributed by atoms with Crippen LogP contribution in [0.3, 0.4) is 0 Å². The van der Waals surface area contributed by atoms with Gasteiger partial charge in [0.1, 0.15) is 17.7 Å². The molecule has 0 aliphatic heterocycles. The lowest BCUT2D eigenvalue weighted by atomic mass is 9.90. The van der Waals surface area contributed by atoms with Gasteiger partial charge in [-0.15, -0.1) is 11.3 Å². The van der Waals surface area contributed by atoms with E-state index < -0.39 is 13.9 Å². The molecule has 0 amide bonds. The first kappa shape index (κ1) is 27.1. The van der Waals surface area contributed by atoms with Crippen LogP contribution in [0.5, 0.6) is 0 Å². The smallest absolute Gasteiger partial charge is 0.208 e. The molecule has 0 bridgehead atoms. The number of carbonyl (C=O) groups is 1. The maximum absolute atomic E-state index is 13.7. The van der Waals surface area contributed by atoms with Crippen molar-refractivity contribution in [2.24, 2.45) is 11.8 Å². The molecule has 9 heteroatoms. The Labute approximate surface area is 226 Å². The van der Waals surface area contributed by atoms with E-state index in [1.54, 1.807) is 6.20 Å². The molecular formula is C27H34BrN3O3SSi. The summed E-state index contributed by atoms with van der Waals surface area (Å²) in [6.07, 6.45) is 4.85. The predicted molar refractivity (Wildman–Crippen MR) is 151 cm³/mol. The number of nitrogens with zero attached hydrogens (tertiary/aromatic N) is 2. The number of anilines is 1. The number of aliphatic hydroxyl groups excluding tert-OH is 1. The Morgan fingerprint density at radius 3 is 2.72 bits per heavy atom. The molecule has 36 heavy (non-hydrogen) atoms. The lowest BCUT2D eigenvalue weighted by molar-refractivity contribution is 0.104. The van der Waals surface area contributed by atoms with E-state index in [0.717, 1.165) is 28.4 Å². The molecule has 192 valence electrons. The number of thiophene rings is 1. The summed E-state index contributed by atoms with van der Waals surface area (Å²) >= 11 is 5.01. The van der Waals surface area contributed by atoms with Gasteiger partial charge in [-0.3, -0.25) is 4.79 Å². The first-order valence-electron chi connectivity index (χ1n) is 12.3. The van der Waals surface area contributed by atoms with Crippen LogP contribution in [0.2, 0.25) is 19.6 Å². The fourth-order valence-corrected chi connectivity index (χ4v) is 7.85. The molecule has 4 atom stereocenters. The van der Waals surface area contributed by atoms with E-state index in [-0.39, 0.29) is 24.3 Å². The molecule has 0 saturated heterocycles. The third kappa shape index (κ3) is 5.97. The van der Waals surface area contributed by atoms with Gasteiger partial charge in [-0.1, -0.05) is 35.0 Å². The number of nitrogens with one attached hydrogen (secondary N) is 1. The topological polar surface area (TPSA) is 84.3 Å². The number of hydrogen-bond acceptors (Lipinski definition) is 7. The zero-order valence-corrected chi connectivity index (χ0v) is 24.8. The predicted octanol–water partition coefficient (Wildman–Crippen LogP) is 6.47. The van der Waals surface area contributed by atoms with Gasteiger partial charge in [0.15, 0.2) is 8.32 Å². The van der Waals surface area contributed by atoms with Gasteiger partial charge in [0.25, 0.3) is 0 Å². The van der Waals surface area contributed by atoms with Crippen molar-refractivity contribution in [1.29, 1.82) is 0 Å². The molecule has 1 aliphatic carbocycles. The quantitative estimate of drug-likeness (QED) is 0.220. The Balaban J connectivity index is 1.64. The van der Waals surface area contributed by atoms with Crippen molar-refractivity contribution in [2.75, 3.05) is 11.9 Å². The number of rotatable bonds is 9. The minimum atomic E-state index is -1.95. The summed E-state index contributed by atoms with van der Waals surface area (Å²) in [6.45, 7) is 10.9. The van der Waals surface area contributed by atoms with Gasteiger partial charge < -0.3 is 14.8 Å². The van der Waals surface area contributed by atoms with Crippen LogP contribution in [0.4, 0.5) is 5.82 Å². The Morgan fingerprint density at radius 1 is 1.28 bits per heavy atom. The third-order valence-electron chi connectivity index (χ3n) is 6.84. The van der Waals surface area contributed by atoms with Gasteiger partial charge in [0.05, 0.1) is 10.4 Å². The molecule has 6 nitrogen and oxygen atoms in total. The van der Waals surface area contributed by atoms with Gasteiger partial charge in [-0.2, -0.15) is 0 Å². The monoisotopic (exact) mass is 587 g/mol. The van der Waals surface area contributed by atoms with Crippen LogP contribution in [0.15, 0.2) is 52.7 Å². The van der Waals surface area contributed by atoms with Crippen molar-refractivity contribution < 1.29 is 14.3 Å². The minimum Gasteiger partial charge on any atom is -0.404 e. The summed E-state index contributed by atoms with van der Waals surface area (Å²) in [5.41, 5.74) is 1.77. The molecular weight excluding hydrogens is 554 g/mol. The zero-order valence-electron chi connectivity index (χ0n) is 21.4. The SMILES string of the molecule is C[C@H]1C[C@H](Nc2ncncc2C(=O)c2cc(C(C)(O[Si](C)(C)C)c3cccc(Br)c3)cs2)C[C@@H]1CO. The summed E-state index contributed by atoms with van der Waals surface area (Å²) in [6, 6.07) is 10.3. The number of halogens is 1. The molecule has 1 fully saturated rings. The Bertz CT molecular complexity index is 1230. The highest BCUT2D eigenvalue weighted by Crippen LogP contribution is 2.40. The third-order valence-corrected chi connectivity index (χ3v) is 9.28. The number of ketones is 1. The number of aliphatic hydroxyl groups is 1. The van der Waals surface area contributed by atoms with Crippen LogP contribution in [0, 0.1) is 11.8 Å². The second kappa shape index (κ2) is 10.8. The van der Waals surface area contributed by atoms with Gasteiger partial charge >= 0.3 is 0 Å². The molecule has 1 aliphatic rings. The maximum atomic E-state index is 13.7. The molecule has 2 N–H and O–H groups in total. The normalized spacial score (nSPS) is 21.8. The molecule has 0 radical (unpaired) electrons. The second-order valence-corrected chi connectivity index (χ2v) is 17.1. The fraction of sp³-hybridized carbons (Fsp3) is 0.444. The summed E-state index contributed by atoms with van der Waals surface area (Å²) in [5, 5.41) is 15.1. The highest BCUT2D eigenvalue weighted by Gasteiger charge is 2.37. The zero-order chi connectivity index (χ0) is 26.1. The van der Waals surface area contributed by atoms with Crippen LogP contribution in [0.25, 0.3) is 0 Å². The molecule has 3 aromatic rings. The van der Waals surface area contributed by atoms with E-state index in [0.29, 0.717) is 22.2 Å². The van der Waals surface area contributed by atoms with Crippen LogP contribution in [0.1, 0.15) is 53.1 Å². The molecule has 4 rings (SSSR count). The van der Waals surface area contributed by atoms with Gasteiger partial charge in [-0.25, -0.2) is 9.97 Å². The molecule has 1 saturated carbocycles. The first-order valence-corrected chi connectivity index (χ1v) is 17.4.